The zero-order valence-corrected chi connectivity index (χ0v) is 63.4. The molecule has 0 radical (unpaired) electrons. The monoisotopic (exact) mass is 1650 g/mol. The summed E-state index contributed by atoms with van der Waals surface area (Å²) < 4.78 is 132. The number of likely N-dealkylation sites (tertiary alicyclic amines) is 2. The van der Waals surface area contributed by atoms with Crippen molar-refractivity contribution in [2.45, 2.75) is 81.8 Å². The highest BCUT2D eigenvalue weighted by atomic mass is 79.9. The predicted octanol–water partition coefficient (Wildman–Crippen LogP) is 8.87. The van der Waals surface area contributed by atoms with Gasteiger partial charge in [0.05, 0.1) is 68.9 Å². The number of ether oxygens (including phenoxy) is 6. The van der Waals surface area contributed by atoms with Crippen molar-refractivity contribution < 1.29 is 103 Å². The molecule has 0 bridgehead atoms. The Labute approximate surface area is 645 Å². The largest absolute Gasteiger partial charge is 0.480 e. The molecule has 110 heavy (non-hydrogen) atoms. The van der Waals surface area contributed by atoms with E-state index < -0.39 is 121 Å². The minimum atomic E-state index is -3.30. The number of rotatable bonds is 26. The highest BCUT2D eigenvalue weighted by Gasteiger charge is 2.53. The number of carboxylic acid groups (broad SMARTS) is 3. The van der Waals surface area contributed by atoms with Crippen molar-refractivity contribution in [2.75, 3.05) is 98.6 Å². The molecule has 3 aromatic carbocycles. The normalized spacial score (nSPS) is 22.6. The number of aromatic nitrogens is 3. The fourth-order valence-electron chi connectivity index (χ4n) is 12.8. The number of nitrogens with one attached hydrogen (secondary N) is 3. The van der Waals surface area contributed by atoms with Crippen LogP contribution in [0.1, 0.15) is 72.4 Å². The first kappa shape index (κ1) is 83.0. The minimum absolute atomic E-state index is 0.0606. The number of hydrogen-bond acceptors (Lipinski definition) is 27. The lowest BCUT2D eigenvalue weighted by Gasteiger charge is -2.36. The first-order valence-electron chi connectivity index (χ1n) is 34.0. The smallest absolute Gasteiger partial charge is 0.338 e. The van der Waals surface area contributed by atoms with E-state index in [0.29, 0.717) is 79.1 Å². The molecule has 12 rings (SSSR count). The second kappa shape index (κ2) is 36.6. The van der Waals surface area contributed by atoms with E-state index in [4.69, 9.17) is 58.7 Å². The first-order valence-corrected chi connectivity index (χ1v) is 37.4. The van der Waals surface area contributed by atoms with Crippen molar-refractivity contribution in [3.05, 3.63) is 201 Å². The molecule has 3 aromatic heterocycles. The summed E-state index contributed by atoms with van der Waals surface area (Å²) in [6.45, 7) is 6.22. The van der Waals surface area contributed by atoms with Gasteiger partial charge < -0.3 is 59.7 Å². The number of morpholine rings is 1. The van der Waals surface area contributed by atoms with Crippen LogP contribution < -0.4 is 16.0 Å². The van der Waals surface area contributed by atoms with Gasteiger partial charge in [0, 0.05) is 102 Å². The number of hydrogen-bond donors (Lipinski definition) is 6. The summed E-state index contributed by atoms with van der Waals surface area (Å²) in [6.07, 6.45) is 4.21. The third kappa shape index (κ3) is 20.2. The molecule has 0 saturated carbocycles. The molecule has 586 valence electrons. The number of alkyl halides is 4. The van der Waals surface area contributed by atoms with Crippen molar-refractivity contribution in [1.29, 1.82) is 0 Å². The number of aliphatic carboxylic acids is 3. The van der Waals surface area contributed by atoms with Crippen molar-refractivity contribution in [3.63, 3.8) is 0 Å². The molecule has 3 unspecified atom stereocenters. The van der Waals surface area contributed by atoms with Crippen LogP contribution in [0.4, 0.5) is 30.7 Å². The van der Waals surface area contributed by atoms with Gasteiger partial charge in [-0.05, 0) is 87.7 Å². The Morgan fingerprint density at radius 3 is 1.46 bits per heavy atom. The number of carbonyl (C=O) groups excluding carboxylic acids is 3. The molecule has 3 saturated heterocycles. The molecule has 0 spiro atoms. The van der Waals surface area contributed by atoms with E-state index in [0.717, 1.165) is 6.08 Å². The molecule has 6 aromatic rings. The quantitative estimate of drug-likeness (QED) is 0.0128. The van der Waals surface area contributed by atoms with E-state index in [1.165, 1.54) is 104 Å². The average molecular weight is 1660 g/mol. The summed E-state index contributed by atoms with van der Waals surface area (Å²) in [5.74, 6) is -12.6. The molecule has 6 aliphatic heterocycles. The van der Waals surface area contributed by atoms with Crippen LogP contribution in [0.15, 0.2) is 167 Å². The second-order valence-electron chi connectivity index (χ2n) is 25.3. The Morgan fingerprint density at radius 2 is 1.05 bits per heavy atom. The van der Waals surface area contributed by atoms with Gasteiger partial charge in [-0.3, -0.25) is 19.7 Å². The highest BCUT2D eigenvalue weighted by Crippen LogP contribution is 2.44. The number of aliphatic imine (C=N–C) groups is 3. The van der Waals surface area contributed by atoms with Crippen LogP contribution in [0.25, 0.3) is 0 Å². The van der Waals surface area contributed by atoms with E-state index in [1.54, 1.807) is 76.1 Å². The van der Waals surface area contributed by atoms with Crippen molar-refractivity contribution in [1.82, 2.24) is 45.6 Å². The molecule has 3 fully saturated rings. The number of benzene rings is 3. The Hall–Kier alpha value is -9.51. The summed E-state index contributed by atoms with van der Waals surface area (Å²) >= 11 is 7.39. The molecule has 6 N–H and O–H groups in total. The van der Waals surface area contributed by atoms with Gasteiger partial charge in [0.25, 0.3) is 11.8 Å². The van der Waals surface area contributed by atoms with E-state index in [9.17, 15) is 59.5 Å². The molecule has 27 nitrogen and oxygen atoms in total. The number of carbonyl (C=O) groups is 6. The maximum atomic E-state index is 14.6. The van der Waals surface area contributed by atoms with E-state index in [-0.39, 0.29) is 86.7 Å². The van der Waals surface area contributed by atoms with Crippen LogP contribution in [0.3, 0.4) is 0 Å². The predicted molar refractivity (Wildman–Crippen MR) is 391 cm³/mol. The SMILES string of the molecule is CCOC(=O)C1=C(CN2CC(OCC(=O)O)C(F)(F)C2)NC(c2nccs2)=N[C@@]1(C)c1ccc(F)cc1.CCOC(=O)C1=C(CN2CC(OCC(=O)O)C(F)(F)C2)NC(c2nccs2)=N[C@]1(C)c1ccc(F)cc1.CCOC(=O)C1=C(CN2CCOCC2/C=C/C(=O)O)NC(c2nccs2)=N[C@H]1c1ccc(F)cc1Br. The van der Waals surface area contributed by atoms with Gasteiger partial charge in [-0.2, -0.15) is 0 Å². The van der Waals surface area contributed by atoms with Crippen LogP contribution in [0.5, 0.6) is 0 Å². The van der Waals surface area contributed by atoms with Gasteiger partial charge in [0.15, 0.2) is 32.5 Å². The zero-order chi connectivity index (χ0) is 79.2. The second-order valence-corrected chi connectivity index (χ2v) is 28.9. The van der Waals surface area contributed by atoms with Crippen LogP contribution in [-0.2, 0) is 68.3 Å². The summed E-state index contributed by atoms with van der Waals surface area (Å²) in [5.41, 5.74) is 0.379. The van der Waals surface area contributed by atoms with Gasteiger partial charge in [0.2, 0.25) is 0 Å². The number of halogens is 8. The fourth-order valence-corrected chi connectivity index (χ4v) is 15.1. The Kier molecular flexibility index (Phi) is 27.6. The van der Waals surface area contributed by atoms with Crippen molar-refractivity contribution in [3.8, 4) is 0 Å². The number of carboxylic acids is 3. The molecule has 6 aliphatic rings. The summed E-state index contributed by atoms with van der Waals surface area (Å²) in [4.78, 5) is 105. The Morgan fingerprint density at radius 1 is 0.609 bits per heavy atom. The van der Waals surface area contributed by atoms with Crippen LogP contribution in [-0.4, -0.2) is 227 Å². The average Bonchev–Trinajstić information content (AvgIpc) is 1.05. The van der Waals surface area contributed by atoms with Gasteiger partial charge in [-0.1, -0.05) is 52.3 Å². The lowest BCUT2D eigenvalue weighted by molar-refractivity contribution is -0.153. The van der Waals surface area contributed by atoms with E-state index in [1.807, 2.05) is 10.3 Å². The first-order chi connectivity index (χ1) is 52.4. The standard InChI is InChI=1S/C24H24BrFN4O5S.2C24H25F3N4O5S/c1-2-35-24(33)20-18(12-30-8-9-34-13-15(30)4-6-19(31)32)28-22(23-27-7-10-36-23)29-21(20)16-5-3-14(26)11-17(16)25;2*1-3-35-22(34)19-16(10-31-11-17(24(26,27)13-31)36-12-18(32)33)29-20(21-28-8-9-37-21)30-23(19,2)14-4-6-15(25)7-5-14/h3-7,10-11,15,21H,2,8-9,12-13H2,1H3,(H,28,29)(H,31,32);2*4-9,17H,3,10-13H2,1-2H3,(H,29,30)(H,32,33)/b6-4+;;/t15?,21-;2*17?,23-/m010/s1. The topological polar surface area (TPSA) is 340 Å². The molecule has 6 atom stereocenters. The molecule has 0 amide bonds. The summed E-state index contributed by atoms with van der Waals surface area (Å²) in [7, 11) is 0. The van der Waals surface area contributed by atoms with Crippen molar-refractivity contribution >= 4 is 103 Å². The lowest BCUT2D eigenvalue weighted by Crippen LogP contribution is -2.48. The van der Waals surface area contributed by atoms with Crippen LogP contribution in [0.2, 0.25) is 0 Å². The van der Waals surface area contributed by atoms with Crippen molar-refractivity contribution in [2.24, 2.45) is 15.0 Å². The number of nitrogens with zero attached hydrogens (tertiary/aromatic N) is 9. The van der Waals surface area contributed by atoms with Gasteiger partial charge >= 0.3 is 35.8 Å². The maximum absolute atomic E-state index is 14.6. The van der Waals surface area contributed by atoms with E-state index in [2.05, 4.69) is 46.8 Å². The number of amidine groups is 3. The van der Waals surface area contributed by atoms with Gasteiger partial charge in [-0.25, -0.2) is 84.4 Å². The van der Waals surface area contributed by atoms with Gasteiger partial charge in [0.1, 0.15) is 60.0 Å². The zero-order valence-electron chi connectivity index (χ0n) is 59.4. The van der Waals surface area contributed by atoms with E-state index >= 15 is 0 Å². The number of esters is 3. The third-order valence-corrected chi connectivity index (χ3v) is 20.7. The Bertz CT molecular complexity index is 4370. The lowest BCUT2D eigenvalue weighted by atomic mass is 9.82. The maximum Gasteiger partial charge on any atom is 0.338 e. The Balaban J connectivity index is 0.000000176. The fraction of sp³-hybridized carbons (Fsp3) is 0.389. The third-order valence-electron chi connectivity index (χ3n) is 17.7. The van der Waals surface area contributed by atoms with Crippen LogP contribution in [0, 0.1) is 17.5 Å². The van der Waals surface area contributed by atoms with Crippen LogP contribution >= 0.6 is 49.9 Å². The summed E-state index contributed by atoms with van der Waals surface area (Å²) in [5, 5.41) is 43.1. The van der Waals surface area contributed by atoms with Gasteiger partial charge in [-0.15, -0.1) is 34.0 Å². The molecule has 0 aliphatic carbocycles. The summed E-state index contributed by atoms with van der Waals surface area (Å²) in [6, 6.07) is 14.1. The number of thiazole rings is 3. The molecular weight excluding hydrogens is 1580 g/mol. The molecule has 38 heteroatoms. The molecule has 9 heterocycles. The molecular formula is C72H74BrF7N12O15S3. The highest BCUT2D eigenvalue weighted by molar-refractivity contribution is 9.10. The minimum Gasteiger partial charge on any atom is -0.480 e.